The zero-order valence-corrected chi connectivity index (χ0v) is 11.9. The summed E-state index contributed by atoms with van der Waals surface area (Å²) in [5, 5.41) is 18.7. The molecule has 2 nitrogen and oxygen atoms in total. The molecule has 0 aromatic heterocycles. The fourth-order valence-corrected chi connectivity index (χ4v) is 2.58. The third kappa shape index (κ3) is 3.93. The van der Waals surface area contributed by atoms with Crippen LogP contribution in [0.5, 0.6) is 11.5 Å². The van der Waals surface area contributed by atoms with E-state index in [-0.39, 0.29) is 0 Å². The molecule has 0 heterocycles. The summed E-state index contributed by atoms with van der Waals surface area (Å²) in [4.78, 5) is 0. The van der Waals surface area contributed by atoms with Gasteiger partial charge in [-0.1, -0.05) is 24.3 Å². The van der Waals surface area contributed by atoms with Gasteiger partial charge in [-0.05, 0) is 35.4 Å². The van der Waals surface area contributed by atoms with Gasteiger partial charge in [0, 0.05) is 0 Å². The van der Waals surface area contributed by atoms with Crippen molar-refractivity contribution in [3.05, 3.63) is 59.7 Å². The highest BCUT2D eigenvalue weighted by Gasteiger charge is 2.56. The standard InChI is InChI=1S/C16H12F6O2/c17-15(18,19)13(9-3-1-5-11(23)7-9)14(16(20,21)22)10-4-2-6-12(24)8-10/h1-8,13-14,23-24H/t13-,14+. The fraction of sp³-hybridized carbons (Fsp3) is 0.250. The van der Waals surface area contributed by atoms with Crippen molar-refractivity contribution in [2.75, 3.05) is 0 Å². The Morgan fingerprint density at radius 1 is 0.625 bits per heavy atom. The van der Waals surface area contributed by atoms with E-state index in [0.29, 0.717) is 12.1 Å². The van der Waals surface area contributed by atoms with Crippen molar-refractivity contribution < 1.29 is 36.6 Å². The van der Waals surface area contributed by atoms with E-state index in [9.17, 15) is 36.6 Å². The molecule has 0 saturated carbocycles. The average molecular weight is 350 g/mol. The molecule has 0 spiro atoms. The molecule has 0 fully saturated rings. The Morgan fingerprint density at radius 2 is 0.958 bits per heavy atom. The summed E-state index contributed by atoms with van der Waals surface area (Å²) in [6.45, 7) is 0. The molecule has 2 atom stereocenters. The van der Waals surface area contributed by atoms with Gasteiger partial charge < -0.3 is 10.2 Å². The van der Waals surface area contributed by atoms with E-state index in [1.54, 1.807) is 0 Å². The molecule has 24 heavy (non-hydrogen) atoms. The molecule has 2 N–H and O–H groups in total. The second kappa shape index (κ2) is 6.26. The predicted molar refractivity (Wildman–Crippen MR) is 73.8 cm³/mol. The van der Waals surface area contributed by atoms with E-state index >= 15 is 0 Å². The molecule has 0 aliphatic heterocycles. The van der Waals surface area contributed by atoms with Gasteiger partial charge >= 0.3 is 12.4 Å². The lowest BCUT2D eigenvalue weighted by molar-refractivity contribution is -0.211. The van der Waals surface area contributed by atoms with Gasteiger partial charge in [0.1, 0.15) is 11.5 Å². The molecule has 0 bridgehead atoms. The fourth-order valence-electron chi connectivity index (χ4n) is 2.58. The van der Waals surface area contributed by atoms with Gasteiger partial charge in [0.25, 0.3) is 0 Å². The Labute approximate surface area is 133 Å². The molecular weight excluding hydrogens is 338 g/mol. The zero-order valence-electron chi connectivity index (χ0n) is 11.9. The topological polar surface area (TPSA) is 40.5 Å². The van der Waals surface area contributed by atoms with E-state index in [1.165, 1.54) is 0 Å². The number of aromatic hydroxyl groups is 2. The maximum absolute atomic E-state index is 13.5. The number of rotatable bonds is 3. The van der Waals surface area contributed by atoms with Crippen molar-refractivity contribution in [2.45, 2.75) is 24.2 Å². The molecule has 0 saturated heterocycles. The van der Waals surface area contributed by atoms with Crippen molar-refractivity contribution in [3.8, 4) is 11.5 Å². The van der Waals surface area contributed by atoms with Gasteiger partial charge in [-0.15, -0.1) is 0 Å². The molecule has 0 aliphatic rings. The Hall–Kier alpha value is -2.38. The first-order valence-electron chi connectivity index (χ1n) is 6.71. The van der Waals surface area contributed by atoms with Crippen LogP contribution >= 0.6 is 0 Å². The highest BCUT2D eigenvalue weighted by atomic mass is 19.4. The van der Waals surface area contributed by atoms with Crippen LogP contribution in [-0.4, -0.2) is 22.6 Å². The van der Waals surface area contributed by atoms with Crippen molar-refractivity contribution in [3.63, 3.8) is 0 Å². The second-order valence-corrected chi connectivity index (χ2v) is 5.23. The molecular formula is C16H12F6O2. The Morgan fingerprint density at radius 3 is 1.21 bits per heavy atom. The summed E-state index contributed by atoms with van der Waals surface area (Å²) in [6.07, 6.45) is -10.4. The molecule has 0 unspecified atom stereocenters. The van der Waals surface area contributed by atoms with Gasteiger partial charge in [-0.25, -0.2) is 0 Å². The van der Waals surface area contributed by atoms with E-state index in [2.05, 4.69) is 0 Å². The molecule has 0 radical (unpaired) electrons. The SMILES string of the molecule is Oc1cccc([C@H]([C@H](c2cccc(O)c2)C(F)(F)F)C(F)(F)F)c1. The minimum Gasteiger partial charge on any atom is -0.508 e. The Balaban J connectivity index is 2.67. The number of hydrogen-bond acceptors (Lipinski definition) is 2. The highest BCUT2D eigenvalue weighted by molar-refractivity contribution is 5.38. The van der Waals surface area contributed by atoms with Gasteiger partial charge in [0.15, 0.2) is 0 Å². The number of phenolic OH excluding ortho intramolecular Hbond substituents is 2. The van der Waals surface area contributed by atoms with Crippen LogP contribution in [-0.2, 0) is 0 Å². The summed E-state index contributed by atoms with van der Waals surface area (Å²) in [6, 6.07) is 7.26. The first-order chi connectivity index (χ1) is 11.0. The molecule has 2 aromatic rings. The third-order valence-corrected chi connectivity index (χ3v) is 3.50. The highest BCUT2D eigenvalue weighted by Crippen LogP contribution is 2.52. The first-order valence-corrected chi connectivity index (χ1v) is 6.71. The van der Waals surface area contributed by atoms with Gasteiger partial charge in [-0.3, -0.25) is 0 Å². The van der Waals surface area contributed by atoms with E-state index in [0.717, 1.165) is 36.4 Å². The van der Waals surface area contributed by atoms with Crippen LogP contribution in [0.25, 0.3) is 0 Å². The molecule has 8 heteroatoms. The van der Waals surface area contributed by atoms with Gasteiger partial charge in [-0.2, -0.15) is 26.3 Å². The van der Waals surface area contributed by atoms with Crippen LogP contribution in [0, 0.1) is 0 Å². The molecule has 2 aromatic carbocycles. The predicted octanol–water partition coefficient (Wildman–Crippen LogP) is 5.09. The van der Waals surface area contributed by atoms with Crippen LogP contribution < -0.4 is 0 Å². The summed E-state index contributed by atoms with van der Waals surface area (Å²) in [5.74, 6) is -6.99. The Kier molecular flexibility index (Phi) is 4.68. The minimum atomic E-state index is -5.22. The lowest BCUT2D eigenvalue weighted by Gasteiger charge is -2.31. The van der Waals surface area contributed by atoms with Crippen molar-refractivity contribution in [1.82, 2.24) is 0 Å². The lowest BCUT2D eigenvalue weighted by atomic mass is 9.80. The number of hydrogen-bond donors (Lipinski definition) is 2. The zero-order chi connectivity index (χ0) is 18.1. The maximum Gasteiger partial charge on any atom is 0.396 e. The summed E-state index contributed by atoms with van der Waals surface area (Å²) in [5.41, 5.74) is -1.43. The molecule has 130 valence electrons. The average Bonchev–Trinajstić information content (AvgIpc) is 2.41. The first kappa shape index (κ1) is 18.0. The molecule has 0 aliphatic carbocycles. The van der Waals surface area contributed by atoms with Crippen molar-refractivity contribution >= 4 is 0 Å². The van der Waals surface area contributed by atoms with Crippen LogP contribution in [0.3, 0.4) is 0 Å². The largest absolute Gasteiger partial charge is 0.508 e. The number of benzene rings is 2. The van der Waals surface area contributed by atoms with Gasteiger partial charge in [0.05, 0.1) is 11.8 Å². The van der Waals surface area contributed by atoms with E-state index in [1.807, 2.05) is 0 Å². The van der Waals surface area contributed by atoms with E-state index in [4.69, 9.17) is 0 Å². The minimum absolute atomic E-state index is 0.571. The van der Waals surface area contributed by atoms with Crippen LogP contribution in [0.4, 0.5) is 26.3 Å². The quantitative estimate of drug-likeness (QED) is 0.757. The van der Waals surface area contributed by atoms with Crippen molar-refractivity contribution in [2.24, 2.45) is 0 Å². The molecule has 0 amide bonds. The normalized spacial score (nSPS) is 15.1. The second-order valence-electron chi connectivity index (χ2n) is 5.23. The number of halogens is 6. The summed E-state index contributed by atoms with van der Waals surface area (Å²) < 4.78 is 80.8. The van der Waals surface area contributed by atoms with Crippen molar-refractivity contribution in [1.29, 1.82) is 0 Å². The monoisotopic (exact) mass is 350 g/mol. The van der Waals surface area contributed by atoms with Gasteiger partial charge in [0.2, 0.25) is 0 Å². The van der Waals surface area contributed by atoms with Crippen LogP contribution in [0.1, 0.15) is 23.0 Å². The smallest absolute Gasteiger partial charge is 0.396 e. The third-order valence-electron chi connectivity index (χ3n) is 3.50. The van der Waals surface area contributed by atoms with Crippen LogP contribution in [0.15, 0.2) is 48.5 Å². The number of phenols is 2. The van der Waals surface area contributed by atoms with E-state index < -0.39 is 46.8 Å². The van der Waals surface area contributed by atoms with Crippen LogP contribution in [0.2, 0.25) is 0 Å². The Bertz CT molecular complexity index is 647. The lowest BCUT2D eigenvalue weighted by Crippen LogP contribution is -2.35. The summed E-state index contributed by atoms with van der Waals surface area (Å²) >= 11 is 0. The number of alkyl halides is 6. The molecule has 2 rings (SSSR count). The maximum atomic E-state index is 13.5. The summed E-state index contributed by atoms with van der Waals surface area (Å²) in [7, 11) is 0.